The van der Waals surface area contributed by atoms with Crippen molar-refractivity contribution in [2.45, 2.75) is 38.9 Å². The molecule has 0 aromatic carbocycles. The Labute approximate surface area is 120 Å². The highest BCUT2D eigenvalue weighted by Crippen LogP contribution is 2.25. The summed E-state index contributed by atoms with van der Waals surface area (Å²) in [7, 11) is 1.87. The van der Waals surface area contributed by atoms with Crippen LogP contribution in [0.5, 0.6) is 0 Å². The minimum Gasteiger partial charge on any atom is -0.397 e. The lowest BCUT2D eigenvalue weighted by atomic mass is 9.74. The predicted octanol–water partition coefficient (Wildman–Crippen LogP) is 1.73. The summed E-state index contributed by atoms with van der Waals surface area (Å²) in [6.07, 6.45) is 10.8. The number of primary amides is 1. The zero-order valence-corrected chi connectivity index (χ0v) is 11.9. The number of amides is 1. The van der Waals surface area contributed by atoms with Crippen molar-refractivity contribution in [3.8, 4) is 0 Å². The Hall–Kier alpha value is -1.78. The number of aromatic nitrogens is 1. The van der Waals surface area contributed by atoms with Crippen LogP contribution in [0.4, 0.5) is 5.69 Å². The van der Waals surface area contributed by atoms with Crippen LogP contribution in [0.1, 0.15) is 48.2 Å². The number of hydrogen-bond donors (Lipinski definition) is 2. The van der Waals surface area contributed by atoms with E-state index in [1.807, 2.05) is 14.1 Å². The Morgan fingerprint density at radius 1 is 1.40 bits per heavy atom. The zero-order chi connectivity index (χ0) is 14.5. The van der Waals surface area contributed by atoms with Crippen LogP contribution in [-0.2, 0) is 0 Å². The first-order valence-corrected chi connectivity index (χ1v) is 7.19. The maximum absolute atomic E-state index is 11.3. The normalized spacial score (nSPS) is 16.4. The summed E-state index contributed by atoms with van der Waals surface area (Å²) in [6, 6.07) is 1.78. The topological polar surface area (TPSA) is 82.0 Å². The van der Waals surface area contributed by atoms with Gasteiger partial charge < -0.3 is 11.5 Å². The number of hydrogen-bond acceptors (Lipinski definition) is 3. The third-order valence-electron chi connectivity index (χ3n) is 3.82. The molecule has 5 heteroatoms. The Balaban J connectivity index is 2.24. The summed E-state index contributed by atoms with van der Waals surface area (Å²) in [5.41, 5.74) is 13.3. The average Bonchev–Trinajstić information content (AvgIpc) is 2.46. The van der Waals surface area contributed by atoms with Crippen LogP contribution in [0.2, 0.25) is 6.82 Å². The molecule has 1 aromatic rings. The molecule has 1 amide bonds. The molecule has 2 rings (SSSR count). The van der Waals surface area contributed by atoms with E-state index in [1.165, 1.54) is 32.1 Å². The average molecular weight is 270 g/mol. The van der Waals surface area contributed by atoms with Gasteiger partial charge in [-0.1, -0.05) is 38.2 Å². The van der Waals surface area contributed by atoms with E-state index in [-0.39, 0.29) is 5.69 Å². The number of carbonyl (C=O) groups excluding carboxylic acids is 1. The number of carbonyl (C=O) groups is 1. The monoisotopic (exact) mass is 270 g/mol. The highest BCUT2D eigenvalue weighted by atomic mass is 16.1. The molecule has 4 nitrogen and oxygen atoms in total. The molecule has 0 saturated heterocycles. The molecule has 0 spiro atoms. The van der Waals surface area contributed by atoms with Gasteiger partial charge in [-0.05, 0) is 30.4 Å². The third-order valence-corrected chi connectivity index (χ3v) is 3.82. The maximum Gasteiger partial charge on any atom is 0.269 e. The van der Waals surface area contributed by atoms with Crippen LogP contribution < -0.4 is 17.1 Å². The summed E-state index contributed by atoms with van der Waals surface area (Å²) in [5.74, 6) is 0.0545. The molecule has 0 unspecified atom stereocenters. The largest absolute Gasteiger partial charge is 0.397 e. The summed E-state index contributed by atoms with van der Waals surface area (Å²) in [5, 5.41) is 0. The summed E-state index contributed by atoms with van der Waals surface area (Å²) < 4.78 is 0. The van der Waals surface area contributed by atoms with Crippen LogP contribution in [-0.4, -0.2) is 18.2 Å². The van der Waals surface area contributed by atoms with Crippen molar-refractivity contribution in [2.75, 3.05) is 5.73 Å². The summed E-state index contributed by atoms with van der Waals surface area (Å²) in [6.45, 7) is 1.89. The molecular weight excluding hydrogens is 249 g/mol. The smallest absolute Gasteiger partial charge is 0.269 e. The molecule has 1 aliphatic rings. The summed E-state index contributed by atoms with van der Waals surface area (Å²) in [4.78, 5) is 15.5. The number of nitrogens with zero attached hydrogens (tertiary/aromatic N) is 1. The van der Waals surface area contributed by atoms with Crippen molar-refractivity contribution < 1.29 is 4.79 Å². The second-order valence-electron chi connectivity index (χ2n) is 5.31. The zero-order valence-electron chi connectivity index (χ0n) is 11.9. The minimum absolute atomic E-state index is 0.146. The highest BCUT2D eigenvalue weighted by Gasteiger charge is 2.13. The fourth-order valence-electron chi connectivity index (χ4n) is 2.69. The molecule has 1 fully saturated rings. The molecule has 1 heterocycles. The Morgan fingerprint density at radius 2 is 2.10 bits per heavy atom. The minimum atomic E-state index is -0.589. The number of allylic oxidation sites excluding steroid dienone is 1. The van der Waals surface area contributed by atoms with Gasteiger partial charge >= 0.3 is 0 Å². The number of nitrogens with two attached hydrogens (primary N) is 2. The molecule has 0 aliphatic heterocycles. The van der Waals surface area contributed by atoms with Crippen LogP contribution in [0, 0.1) is 5.92 Å². The van der Waals surface area contributed by atoms with Crippen LogP contribution in [0.3, 0.4) is 0 Å². The molecule has 1 aromatic heterocycles. The van der Waals surface area contributed by atoms with Gasteiger partial charge in [0.1, 0.15) is 5.69 Å². The number of nitrogen functional groups attached to an aromatic ring is 1. The second-order valence-corrected chi connectivity index (χ2v) is 5.31. The molecular formula is C15H21BN3O. The van der Waals surface area contributed by atoms with E-state index in [1.54, 1.807) is 6.07 Å². The Morgan fingerprint density at radius 3 is 2.70 bits per heavy atom. The number of anilines is 1. The van der Waals surface area contributed by atoms with Crippen molar-refractivity contribution in [1.29, 1.82) is 0 Å². The summed E-state index contributed by atoms with van der Waals surface area (Å²) >= 11 is 0. The van der Waals surface area contributed by atoms with E-state index in [9.17, 15) is 4.79 Å². The van der Waals surface area contributed by atoms with Crippen LogP contribution in [0.25, 0.3) is 6.08 Å². The Kier molecular flexibility index (Phi) is 4.82. The lowest BCUT2D eigenvalue weighted by Crippen LogP contribution is -2.26. The first kappa shape index (κ1) is 14.6. The SMILES string of the molecule is C[B]c1nc(C(N)=O)c(N)cc1/C=C/C1CCCCC1. The molecule has 0 atom stereocenters. The van der Waals surface area contributed by atoms with E-state index < -0.39 is 5.91 Å². The molecule has 20 heavy (non-hydrogen) atoms. The second kappa shape index (κ2) is 6.59. The van der Waals surface area contributed by atoms with Gasteiger partial charge in [0, 0.05) is 5.59 Å². The van der Waals surface area contributed by atoms with Gasteiger partial charge in [-0.25, -0.2) is 0 Å². The van der Waals surface area contributed by atoms with Crippen molar-refractivity contribution >= 4 is 30.5 Å². The predicted molar refractivity (Wildman–Crippen MR) is 84.0 cm³/mol. The first-order valence-electron chi connectivity index (χ1n) is 7.19. The highest BCUT2D eigenvalue weighted by molar-refractivity contribution is 6.52. The van der Waals surface area contributed by atoms with Crippen molar-refractivity contribution in [2.24, 2.45) is 11.7 Å². The van der Waals surface area contributed by atoms with Crippen LogP contribution >= 0.6 is 0 Å². The maximum atomic E-state index is 11.3. The fourth-order valence-corrected chi connectivity index (χ4v) is 2.69. The third kappa shape index (κ3) is 3.41. The van der Waals surface area contributed by atoms with Gasteiger partial charge in [-0.2, -0.15) is 0 Å². The lowest BCUT2D eigenvalue weighted by Gasteiger charge is -2.18. The van der Waals surface area contributed by atoms with Crippen molar-refractivity contribution in [3.63, 3.8) is 0 Å². The lowest BCUT2D eigenvalue weighted by molar-refractivity contribution is 0.0996. The van der Waals surface area contributed by atoms with Gasteiger partial charge in [-0.15, -0.1) is 0 Å². The molecule has 0 bridgehead atoms. The van der Waals surface area contributed by atoms with Gasteiger partial charge in [0.25, 0.3) is 5.91 Å². The van der Waals surface area contributed by atoms with Gasteiger partial charge in [0.2, 0.25) is 0 Å². The van der Waals surface area contributed by atoms with E-state index in [4.69, 9.17) is 11.5 Å². The van der Waals surface area contributed by atoms with E-state index >= 15 is 0 Å². The molecule has 4 N–H and O–H groups in total. The number of pyridine rings is 1. The molecule has 1 saturated carbocycles. The first-order chi connectivity index (χ1) is 9.61. The van der Waals surface area contributed by atoms with Crippen molar-refractivity contribution in [3.05, 3.63) is 23.4 Å². The van der Waals surface area contributed by atoms with E-state index in [0.717, 1.165) is 11.2 Å². The Bertz CT molecular complexity index is 522. The fraction of sp³-hybridized carbons (Fsp3) is 0.467. The molecule has 1 radical (unpaired) electrons. The molecule has 105 valence electrons. The van der Waals surface area contributed by atoms with Gasteiger partial charge in [0.15, 0.2) is 7.28 Å². The van der Waals surface area contributed by atoms with Crippen LogP contribution in [0.15, 0.2) is 12.1 Å². The van der Waals surface area contributed by atoms with E-state index in [2.05, 4.69) is 17.1 Å². The van der Waals surface area contributed by atoms with Crippen molar-refractivity contribution in [1.82, 2.24) is 4.98 Å². The molecule has 1 aliphatic carbocycles. The number of rotatable bonds is 4. The van der Waals surface area contributed by atoms with E-state index in [0.29, 0.717) is 11.6 Å². The van der Waals surface area contributed by atoms with Gasteiger partial charge in [0.05, 0.1) is 5.69 Å². The van der Waals surface area contributed by atoms with Gasteiger partial charge in [-0.3, -0.25) is 9.78 Å². The standard InChI is InChI=1S/C15H21BN3O/c1-16-14-11(8-7-10-5-3-2-4-6-10)9-12(17)13(19-14)15(18)20/h7-10H,2-6,17H2,1H3,(H2,18,20)/b8-7+. The quantitative estimate of drug-likeness (QED) is 0.817.